The van der Waals surface area contributed by atoms with Crippen LogP contribution in [0.25, 0.3) is 0 Å². The van der Waals surface area contributed by atoms with Crippen LogP contribution in [0.5, 0.6) is 0 Å². The molecule has 2 amide bonds. The fourth-order valence-corrected chi connectivity index (χ4v) is 3.97. The van der Waals surface area contributed by atoms with Crippen LogP contribution in [0.15, 0.2) is 47.1 Å². The number of nitrogens with one attached hydrogen (secondary N) is 2. The molecule has 3 heterocycles. The topological polar surface area (TPSA) is 89.2 Å². The first-order chi connectivity index (χ1) is 13.6. The summed E-state index contributed by atoms with van der Waals surface area (Å²) in [5.74, 6) is 1.01. The molecule has 3 aromatic rings. The van der Waals surface area contributed by atoms with Gasteiger partial charge in [-0.15, -0.1) is 0 Å². The Labute approximate surface area is 164 Å². The SMILES string of the molecule is O=C(Cn1nc2c(c1NC(=O)c1ccccc1F)CSC2)NCc1ccco1. The number of carbonyl (C=O) groups is 2. The van der Waals surface area contributed by atoms with Crippen LogP contribution in [-0.4, -0.2) is 21.6 Å². The van der Waals surface area contributed by atoms with Crippen molar-refractivity contribution in [1.82, 2.24) is 15.1 Å². The molecule has 0 saturated carbocycles. The minimum absolute atomic E-state index is 0.0584. The largest absolute Gasteiger partial charge is 0.467 e. The molecule has 4 rings (SSSR count). The summed E-state index contributed by atoms with van der Waals surface area (Å²) in [6, 6.07) is 9.27. The highest BCUT2D eigenvalue weighted by atomic mass is 32.2. The normalized spacial score (nSPS) is 12.6. The second kappa shape index (κ2) is 7.89. The highest BCUT2D eigenvalue weighted by molar-refractivity contribution is 7.98. The van der Waals surface area contributed by atoms with Crippen molar-refractivity contribution < 1.29 is 18.4 Å². The fraction of sp³-hybridized carbons (Fsp3) is 0.211. The molecule has 0 unspecified atom stereocenters. The minimum atomic E-state index is -0.603. The monoisotopic (exact) mass is 400 g/mol. The number of furan rings is 1. The van der Waals surface area contributed by atoms with Crippen LogP contribution in [0.4, 0.5) is 10.2 Å². The second-order valence-electron chi connectivity index (χ2n) is 6.21. The van der Waals surface area contributed by atoms with Crippen LogP contribution in [0.1, 0.15) is 27.4 Å². The van der Waals surface area contributed by atoms with Crippen LogP contribution in [0.2, 0.25) is 0 Å². The van der Waals surface area contributed by atoms with E-state index < -0.39 is 11.7 Å². The van der Waals surface area contributed by atoms with Gasteiger partial charge >= 0.3 is 0 Å². The van der Waals surface area contributed by atoms with Gasteiger partial charge in [-0.25, -0.2) is 9.07 Å². The quantitative estimate of drug-likeness (QED) is 0.664. The van der Waals surface area contributed by atoms with Crippen molar-refractivity contribution in [3.05, 3.63) is 71.1 Å². The maximum atomic E-state index is 13.9. The van der Waals surface area contributed by atoms with E-state index in [1.807, 2.05) is 0 Å². The Balaban J connectivity index is 1.51. The highest BCUT2D eigenvalue weighted by Crippen LogP contribution is 2.35. The van der Waals surface area contributed by atoms with Crippen molar-refractivity contribution in [2.45, 2.75) is 24.6 Å². The van der Waals surface area contributed by atoms with E-state index in [1.54, 1.807) is 30.0 Å². The van der Waals surface area contributed by atoms with Crippen LogP contribution >= 0.6 is 11.8 Å². The number of nitrogens with zero attached hydrogens (tertiary/aromatic N) is 2. The van der Waals surface area contributed by atoms with Gasteiger partial charge in [-0.1, -0.05) is 12.1 Å². The molecule has 0 bridgehead atoms. The Morgan fingerprint density at radius 1 is 1.21 bits per heavy atom. The molecule has 144 valence electrons. The number of amides is 2. The second-order valence-corrected chi connectivity index (χ2v) is 7.20. The minimum Gasteiger partial charge on any atom is -0.467 e. The van der Waals surface area contributed by atoms with Gasteiger partial charge in [-0.05, 0) is 24.3 Å². The van der Waals surface area contributed by atoms with E-state index in [1.165, 1.54) is 29.1 Å². The molecular weight excluding hydrogens is 383 g/mol. The van der Waals surface area contributed by atoms with E-state index in [9.17, 15) is 14.0 Å². The molecule has 0 saturated heterocycles. The van der Waals surface area contributed by atoms with Gasteiger partial charge in [-0.2, -0.15) is 16.9 Å². The van der Waals surface area contributed by atoms with Gasteiger partial charge in [0.2, 0.25) is 5.91 Å². The number of fused-ring (bicyclic) bond motifs is 1. The number of thioether (sulfide) groups is 1. The van der Waals surface area contributed by atoms with Gasteiger partial charge in [0, 0.05) is 17.1 Å². The van der Waals surface area contributed by atoms with Gasteiger partial charge in [0.15, 0.2) is 0 Å². The maximum absolute atomic E-state index is 13.9. The molecule has 0 spiro atoms. The number of hydrogen-bond acceptors (Lipinski definition) is 5. The molecule has 28 heavy (non-hydrogen) atoms. The number of hydrogen-bond donors (Lipinski definition) is 2. The van der Waals surface area contributed by atoms with Gasteiger partial charge in [0.25, 0.3) is 5.91 Å². The van der Waals surface area contributed by atoms with E-state index in [2.05, 4.69) is 15.7 Å². The van der Waals surface area contributed by atoms with E-state index in [0.29, 0.717) is 23.1 Å². The summed E-state index contributed by atoms with van der Waals surface area (Å²) >= 11 is 1.67. The van der Waals surface area contributed by atoms with Gasteiger partial charge in [0.05, 0.1) is 24.1 Å². The molecule has 0 radical (unpaired) electrons. The van der Waals surface area contributed by atoms with Crippen LogP contribution < -0.4 is 10.6 Å². The third kappa shape index (κ3) is 3.79. The molecule has 1 aromatic carbocycles. The third-order valence-electron chi connectivity index (χ3n) is 4.30. The average Bonchev–Trinajstić information content (AvgIpc) is 3.40. The molecule has 2 aromatic heterocycles. The smallest absolute Gasteiger partial charge is 0.259 e. The van der Waals surface area contributed by atoms with Crippen LogP contribution in [-0.2, 0) is 29.4 Å². The summed E-state index contributed by atoms with van der Waals surface area (Å²) in [5, 5.41) is 9.93. The predicted molar refractivity (Wildman–Crippen MR) is 102 cm³/mol. The Kier molecular flexibility index (Phi) is 5.16. The molecule has 0 atom stereocenters. The molecule has 2 N–H and O–H groups in total. The first-order valence-corrected chi connectivity index (χ1v) is 9.78. The lowest BCUT2D eigenvalue weighted by atomic mass is 10.2. The first-order valence-electron chi connectivity index (χ1n) is 8.63. The Morgan fingerprint density at radius 2 is 2.07 bits per heavy atom. The number of anilines is 1. The Hall–Kier alpha value is -3.07. The van der Waals surface area contributed by atoms with Crippen molar-refractivity contribution in [3.63, 3.8) is 0 Å². The summed E-state index contributed by atoms with van der Waals surface area (Å²) in [5.41, 5.74) is 1.64. The zero-order valence-corrected chi connectivity index (χ0v) is 15.6. The summed E-state index contributed by atoms with van der Waals surface area (Å²) in [7, 11) is 0. The standard InChI is InChI=1S/C19H17FN4O3S/c20-15-6-2-1-5-13(15)19(26)22-18-14-10-28-11-16(14)23-24(18)9-17(25)21-8-12-4-3-7-27-12/h1-7H,8-11H2,(H,21,25)(H,22,26). The van der Waals surface area contributed by atoms with Crippen molar-refractivity contribution in [3.8, 4) is 0 Å². The molecule has 7 nitrogen and oxygen atoms in total. The first kappa shape index (κ1) is 18.3. The Morgan fingerprint density at radius 3 is 2.86 bits per heavy atom. The van der Waals surface area contributed by atoms with Crippen molar-refractivity contribution in [1.29, 1.82) is 0 Å². The van der Waals surface area contributed by atoms with Crippen molar-refractivity contribution >= 4 is 29.4 Å². The molecular formula is C19H17FN4O3S. The fourth-order valence-electron chi connectivity index (χ4n) is 2.93. The lowest BCUT2D eigenvalue weighted by Gasteiger charge is -2.11. The van der Waals surface area contributed by atoms with E-state index in [-0.39, 0.29) is 24.6 Å². The lowest BCUT2D eigenvalue weighted by molar-refractivity contribution is -0.122. The van der Waals surface area contributed by atoms with Gasteiger partial charge in [0.1, 0.15) is 23.9 Å². The molecule has 0 aliphatic carbocycles. The van der Waals surface area contributed by atoms with Gasteiger partial charge < -0.3 is 15.1 Å². The summed E-state index contributed by atoms with van der Waals surface area (Å²) in [6.45, 7) is 0.199. The average molecular weight is 400 g/mol. The Bertz CT molecular complexity index is 1020. The van der Waals surface area contributed by atoms with E-state index >= 15 is 0 Å². The molecule has 9 heteroatoms. The summed E-state index contributed by atoms with van der Waals surface area (Å²) < 4.78 is 20.6. The van der Waals surface area contributed by atoms with E-state index in [0.717, 1.165) is 11.3 Å². The number of carbonyl (C=O) groups excluding carboxylic acids is 2. The van der Waals surface area contributed by atoms with Gasteiger partial charge in [-0.3, -0.25) is 9.59 Å². The van der Waals surface area contributed by atoms with Crippen LogP contribution in [0, 0.1) is 5.82 Å². The number of rotatable bonds is 6. The molecule has 1 aliphatic rings. The summed E-state index contributed by atoms with van der Waals surface area (Å²) in [6.07, 6.45) is 1.54. The zero-order valence-electron chi connectivity index (χ0n) is 14.8. The van der Waals surface area contributed by atoms with Crippen molar-refractivity contribution in [2.24, 2.45) is 0 Å². The third-order valence-corrected chi connectivity index (χ3v) is 5.27. The van der Waals surface area contributed by atoms with Crippen molar-refractivity contribution in [2.75, 3.05) is 5.32 Å². The lowest BCUT2D eigenvalue weighted by Crippen LogP contribution is -2.28. The maximum Gasteiger partial charge on any atom is 0.259 e. The number of benzene rings is 1. The zero-order chi connectivity index (χ0) is 19.5. The predicted octanol–water partition coefficient (Wildman–Crippen LogP) is 2.93. The number of halogens is 1. The molecule has 1 aliphatic heterocycles. The van der Waals surface area contributed by atoms with Crippen LogP contribution in [0.3, 0.4) is 0 Å². The highest BCUT2D eigenvalue weighted by Gasteiger charge is 2.25. The summed E-state index contributed by atoms with van der Waals surface area (Å²) in [4.78, 5) is 24.8. The molecule has 0 fully saturated rings. The number of aromatic nitrogens is 2. The van der Waals surface area contributed by atoms with E-state index in [4.69, 9.17) is 4.42 Å².